The molecule has 1 nitrogen and oxygen atoms in total. The standard InChI is InChI=1S/C12H16FN.C2H6/c1-10-2-4-12(5-3-10)14-8-6-11(13)7-9-14;1-2/h2-5,11H,6-9H2,1H3;1-2H3. The number of alkyl halides is 1. The third kappa shape index (κ3) is 3.51. The zero-order chi connectivity index (χ0) is 12.0. The van der Waals surface area contributed by atoms with Gasteiger partial charge < -0.3 is 4.90 Å². The molecular weight excluding hydrogens is 201 g/mol. The lowest BCUT2D eigenvalue weighted by atomic mass is 10.1. The summed E-state index contributed by atoms with van der Waals surface area (Å²) in [7, 11) is 0. The number of halogens is 1. The van der Waals surface area contributed by atoms with Gasteiger partial charge in [0.1, 0.15) is 6.17 Å². The van der Waals surface area contributed by atoms with Gasteiger partial charge >= 0.3 is 0 Å². The molecule has 0 bridgehead atoms. The van der Waals surface area contributed by atoms with Gasteiger partial charge in [0, 0.05) is 18.8 Å². The average molecular weight is 223 g/mol. The Morgan fingerprint density at radius 1 is 1.06 bits per heavy atom. The Bertz CT molecular complexity index is 286. The SMILES string of the molecule is CC.Cc1ccc(N2CCC(F)CC2)cc1. The Morgan fingerprint density at radius 2 is 1.56 bits per heavy atom. The molecule has 0 radical (unpaired) electrons. The summed E-state index contributed by atoms with van der Waals surface area (Å²) in [5.41, 5.74) is 2.50. The summed E-state index contributed by atoms with van der Waals surface area (Å²) in [4.78, 5) is 2.26. The molecule has 16 heavy (non-hydrogen) atoms. The molecule has 0 spiro atoms. The average Bonchev–Trinajstić information content (AvgIpc) is 2.34. The third-order valence-electron chi connectivity index (χ3n) is 2.82. The fourth-order valence-corrected chi connectivity index (χ4v) is 1.86. The van der Waals surface area contributed by atoms with Crippen LogP contribution in [0.2, 0.25) is 0 Å². The van der Waals surface area contributed by atoms with Crippen molar-refractivity contribution in [1.29, 1.82) is 0 Å². The molecule has 0 aromatic heterocycles. The maximum absolute atomic E-state index is 12.9. The molecule has 0 unspecified atom stereocenters. The summed E-state index contributed by atoms with van der Waals surface area (Å²) in [6.45, 7) is 7.78. The maximum Gasteiger partial charge on any atom is 0.103 e. The number of hydrogen-bond donors (Lipinski definition) is 0. The van der Waals surface area contributed by atoms with E-state index in [4.69, 9.17) is 0 Å². The van der Waals surface area contributed by atoms with Crippen molar-refractivity contribution in [3.63, 3.8) is 0 Å². The highest BCUT2D eigenvalue weighted by Crippen LogP contribution is 2.21. The second kappa shape index (κ2) is 6.51. The number of piperidine rings is 1. The van der Waals surface area contributed by atoms with Gasteiger partial charge in [0.15, 0.2) is 0 Å². The van der Waals surface area contributed by atoms with Crippen molar-refractivity contribution in [3.8, 4) is 0 Å². The van der Waals surface area contributed by atoms with Crippen LogP contribution in [0.5, 0.6) is 0 Å². The minimum atomic E-state index is -0.586. The lowest BCUT2D eigenvalue weighted by molar-refractivity contribution is 0.277. The molecule has 90 valence electrons. The monoisotopic (exact) mass is 223 g/mol. The molecule has 1 fully saturated rings. The molecule has 2 heteroatoms. The first-order valence-corrected chi connectivity index (χ1v) is 6.21. The van der Waals surface area contributed by atoms with E-state index in [0.29, 0.717) is 12.8 Å². The minimum Gasteiger partial charge on any atom is -0.371 e. The first kappa shape index (κ1) is 13.0. The highest BCUT2D eigenvalue weighted by Gasteiger charge is 2.17. The molecule has 0 atom stereocenters. The van der Waals surface area contributed by atoms with Gasteiger partial charge in [-0.2, -0.15) is 0 Å². The van der Waals surface area contributed by atoms with Crippen LogP contribution in [-0.4, -0.2) is 19.3 Å². The van der Waals surface area contributed by atoms with E-state index in [1.807, 2.05) is 13.8 Å². The molecule has 1 aliphatic rings. The fraction of sp³-hybridized carbons (Fsp3) is 0.571. The summed E-state index contributed by atoms with van der Waals surface area (Å²) in [5, 5.41) is 0. The van der Waals surface area contributed by atoms with Crippen LogP contribution in [0, 0.1) is 6.92 Å². The van der Waals surface area contributed by atoms with Crippen molar-refractivity contribution in [2.24, 2.45) is 0 Å². The zero-order valence-electron chi connectivity index (χ0n) is 10.5. The molecule has 0 saturated carbocycles. The van der Waals surface area contributed by atoms with Crippen molar-refractivity contribution in [3.05, 3.63) is 29.8 Å². The second-order valence-corrected chi connectivity index (χ2v) is 4.00. The topological polar surface area (TPSA) is 3.24 Å². The summed E-state index contributed by atoms with van der Waals surface area (Å²) < 4.78 is 12.9. The summed E-state index contributed by atoms with van der Waals surface area (Å²) in [5.74, 6) is 0. The van der Waals surface area contributed by atoms with E-state index < -0.39 is 6.17 Å². The van der Waals surface area contributed by atoms with E-state index in [9.17, 15) is 4.39 Å². The molecule has 0 N–H and O–H groups in total. The molecule has 0 aliphatic carbocycles. The first-order valence-electron chi connectivity index (χ1n) is 6.21. The van der Waals surface area contributed by atoms with Gasteiger partial charge in [0.25, 0.3) is 0 Å². The van der Waals surface area contributed by atoms with Crippen LogP contribution < -0.4 is 4.90 Å². The molecule has 1 aromatic carbocycles. The number of aryl methyl sites for hydroxylation is 1. The van der Waals surface area contributed by atoms with Crippen LogP contribution in [0.15, 0.2) is 24.3 Å². The Balaban J connectivity index is 0.000000606. The normalized spacial score (nSPS) is 16.6. The highest BCUT2D eigenvalue weighted by atomic mass is 19.1. The number of nitrogens with zero attached hydrogens (tertiary/aromatic N) is 1. The van der Waals surface area contributed by atoms with E-state index in [1.165, 1.54) is 11.3 Å². The fourth-order valence-electron chi connectivity index (χ4n) is 1.86. The van der Waals surface area contributed by atoms with Gasteiger partial charge in [-0.15, -0.1) is 0 Å². The van der Waals surface area contributed by atoms with Gasteiger partial charge in [-0.05, 0) is 31.9 Å². The van der Waals surface area contributed by atoms with E-state index in [-0.39, 0.29) is 0 Å². The summed E-state index contributed by atoms with van der Waals surface area (Å²) in [6.07, 6.45) is 0.763. The summed E-state index contributed by atoms with van der Waals surface area (Å²) in [6, 6.07) is 8.45. The Hall–Kier alpha value is -1.05. The molecule has 1 aliphatic heterocycles. The van der Waals surface area contributed by atoms with Crippen molar-refractivity contribution in [1.82, 2.24) is 0 Å². The van der Waals surface area contributed by atoms with Gasteiger partial charge in [-0.25, -0.2) is 4.39 Å². The van der Waals surface area contributed by atoms with Gasteiger partial charge in [-0.3, -0.25) is 0 Å². The largest absolute Gasteiger partial charge is 0.371 e. The zero-order valence-corrected chi connectivity index (χ0v) is 10.5. The smallest absolute Gasteiger partial charge is 0.103 e. The Kier molecular flexibility index (Phi) is 5.30. The van der Waals surface area contributed by atoms with E-state index in [2.05, 4.69) is 36.1 Å². The first-order chi connectivity index (χ1) is 7.75. The molecule has 1 saturated heterocycles. The van der Waals surface area contributed by atoms with Crippen LogP contribution in [0.1, 0.15) is 32.3 Å². The molecular formula is C14H22FN. The Labute approximate surface area is 98.3 Å². The Morgan fingerprint density at radius 3 is 2.06 bits per heavy atom. The maximum atomic E-state index is 12.9. The van der Waals surface area contributed by atoms with Crippen molar-refractivity contribution < 1.29 is 4.39 Å². The van der Waals surface area contributed by atoms with Gasteiger partial charge in [0.05, 0.1) is 0 Å². The lowest BCUT2D eigenvalue weighted by Crippen LogP contribution is -2.34. The van der Waals surface area contributed by atoms with Gasteiger partial charge in [0.2, 0.25) is 0 Å². The summed E-state index contributed by atoms with van der Waals surface area (Å²) >= 11 is 0. The van der Waals surface area contributed by atoms with Crippen LogP contribution in [0.25, 0.3) is 0 Å². The van der Waals surface area contributed by atoms with Crippen molar-refractivity contribution in [2.45, 2.75) is 39.8 Å². The third-order valence-corrected chi connectivity index (χ3v) is 2.82. The molecule has 0 amide bonds. The van der Waals surface area contributed by atoms with Crippen molar-refractivity contribution in [2.75, 3.05) is 18.0 Å². The number of benzene rings is 1. The van der Waals surface area contributed by atoms with Crippen LogP contribution in [-0.2, 0) is 0 Å². The minimum absolute atomic E-state index is 0.586. The predicted octanol–water partition coefficient (Wildman–Crippen LogP) is 3.96. The van der Waals surface area contributed by atoms with E-state index >= 15 is 0 Å². The van der Waals surface area contributed by atoms with Gasteiger partial charge in [-0.1, -0.05) is 31.5 Å². The number of rotatable bonds is 1. The van der Waals surface area contributed by atoms with Crippen LogP contribution in [0.3, 0.4) is 0 Å². The number of anilines is 1. The van der Waals surface area contributed by atoms with Crippen LogP contribution >= 0.6 is 0 Å². The molecule has 1 aromatic rings. The molecule has 2 rings (SSSR count). The molecule has 1 heterocycles. The number of hydrogen-bond acceptors (Lipinski definition) is 1. The lowest BCUT2D eigenvalue weighted by Gasteiger charge is -2.30. The van der Waals surface area contributed by atoms with Crippen molar-refractivity contribution >= 4 is 5.69 Å². The highest BCUT2D eigenvalue weighted by molar-refractivity contribution is 5.47. The van der Waals surface area contributed by atoms with E-state index in [1.54, 1.807) is 0 Å². The van der Waals surface area contributed by atoms with Crippen LogP contribution in [0.4, 0.5) is 10.1 Å². The van der Waals surface area contributed by atoms with E-state index in [0.717, 1.165) is 13.1 Å². The predicted molar refractivity (Wildman–Crippen MR) is 68.9 cm³/mol. The second-order valence-electron chi connectivity index (χ2n) is 4.00. The quantitative estimate of drug-likeness (QED) is 0.696.